The van der Waals surface area contributed by atoms with Gasteiger partial charge in [-0.2, -0.15) is 0 Å². The lowest BCUT2D eigenvalue weighted by Gasteiger charge is -2.24. The zero-order chi connectivity index (χ0) is 24.6. The molecule has 0 unspecified atom stereocenters. The van der Waals surface area contributed by atoms with Crippen LogP contribution < -0.4 is 14.4 Å². The van der Waals surface area contributed by atoms with Gasteiger partial charge in [0.05, 0.1) is 22.6 Å². The Labute approximate surface area is 198 Å². The van der Waals surface area contributed by atoms with Gasteiger partial charge in [-0.25, -0.2) is 8.42 Å². The van der Waals surface area contributed by atoms with E-state index in [0.717, 1.165) is 22.0 Å². The van der Waals surface area contributed by atoms with Crippen LogP contribution in [0.2, 0.25) is 0 Å². The predicted octanol–water partition coefficient (Wildman–Crippen LogP) is 3.55. The maximum absolute atomic E-state index is 13.3. The van der Waals surface area contributed by atoms with Crippen LogP contribution in [0, 0.1) is 10.1 Å². The van der Waals surface area contributed by atoms with Crippen LogP contribution in [-0.4, -0.2) is 39.4 Å². The molecule has 178 valence electrons. The molecule has 0 aliphatic carbocycles. The molecule has 0 bridgehead atoms. The number of benzene rings is 3. The molecule has 10 heteroatoms. The molecule has 0 fully saturated rings. The summed E-state index contributed by atoms with van der Waals surface area (Å²) < 4.78 is 32.6. The van der Waals surface area contributed by atoms with Gasteiger partial charge in [0.25, 0.3) is 15.7 Å². The lowest BCUT2D eigenvalue weighted by molar-refractivity contribution is -0.384. The molecule has 0 aliphatic heterocycles. The van der Waals surface area contributed by atoms with Crippen molar-refractivity contribution in [3.63, 3.8) is 0 Å². The van der Waals surface area contributed by atoms with E-state index in [4.69, 9.17) is 4.74 Å². The number of nitrogens with zero attached hydrogens (tertiary/aromatic N) is 2. The van der Waals surface area contributed by atoms with E-state index in [-0.39, 0.29) is 16.3 Å². The van der Waals surface area contributed by atoms with E-state index in [0.29, 0.717) is 13.0 Å². The second kappa shape index (κ2) is 11.3. The van der Waals surface area contributed by atoms with Crippen molar-refractivity contribution in [2.75, 3.05) is 24.5 Å². The van der Waals surface area contributed by atoms with E-state index >= 15 is 0 Å². The summed E-state index contributed by atoms with van der Waals surface area (Å²) in [5.74, 6) is 0.288. The second-order valence-corrected chi connectivity index (χ2v) is 9.26. The maximum atomic E-state index is 13.3. The summed E-state index contributed by atoms with van der Waals surface area (Å²) in [6.45, 7) is -0.0953. The molecule has 0 aromatic heterocycles. The van der Waals surface area contributed by atoms with Gasteiger partial charge in [-0.1, -0.05) is 30.3 Å². The average molecular weight is 484 g/mol. The topological polar surface area (TPSA) is 119 Å². The minimum atomic E-state index is -4.07. The predicted molar refractivity (Wildman–Crippen MR) is 128 cm³/mol. The third-order valence-electron chi connectivity index (χ3n) is 5.09. The number of hydrogen-bond acceptors (Lipinski definition) is 6. The molecule has 1 N–H and O–H groups in total. The Balaban J connectivity index is 1.69. The van der Waals surface area contributed by atoms with Crippen molar-refractivity contribution in [1.82, 2.24) is 5.32 Å². The number of anilines is 1. The summed E-state index contributed by atoms with van der Waals surface area (Å²) in [6, 6.07) is 20.4. The molecule has 0 saturated heterocycles. The minimum absolute atomic E-state index is 0.0145. The van der Waals surface area contributed by atoms with Crippen LogP contribution in [0.4, 0.5) is 11.4 Å². The van der Waals surface area contributed by atoms with Gasteiger partial charge in [-0.3, -0.25) is 19.2 Å². The quantitative estimate of drug-likeness (QED) is 0.253. The number of ether oxygens (including phenoxy) is 1. The number of aryl methyl sites for hydroxylation is 1. The number of methoxy groups -OCH3 is 1. The average Bonchev–Trinajstić information content (AvgIpc) is 2.86. The molecule has 0 atom stereocenters. The van der Waals surface area contributed by atoms with Crippen molar-refractivity contribution in [3.05, 3.63) is 94.5 Å². The Morgan fingerprint density at radius 3 is 2.24 bits per heavy atom. The van der Waals surface area contributed by atoms with Crippen molar-refractivity contribution in [1.29, 1.82) is 0 Å². The first-order valence-electron chi connectivity index (χ1n) is 10.5. The number of carbonyl (C=O) groups excluding carboxylic acids is 1. The largest absolute Gasteiger partial charge is 0.497 e. The first-order chi connectivity index (χ1) is 16.3. The third kappa shape index (κ3) is 6.32. The Morgan fingerprint density at radius 2 is 1.65 bits per heavy atom. The summed E-state index contributed by atoms with van der Waals surface area (Å²) in [7, 11) is -2.47. The van der Waals surface area contributed by atoms with Crippen LogP contribution >= 0.6 is 0 Å². The number of hydrogen-bond donors (Lipinski definition) is 1. The Bertz CT molecular complexity index is 1210. The number of nitrogens with one attached hydrogen (secondary N) is 1. The van der Waals surface area contributed by atoms with E-state index < -0.39 is 27.4 Å². The Hall–Kier alpha value is -3.92. The molecule has 0 heterocycles. The molecule has 1 amide bonds. The summed E-state index contributed by atoms with van der Waals surface area (Å²) in [6.07, 6.45) is 1.40. The van der Waals surface area contributed by atoms with Crippen LogP contribution in [0.25, 0.3) is 0 Å². The van der Waals surface area contributed by atoms with Crippen LogP contribution in [0.1, 0.15) is 12.0 Å². The Kier molecular flexibility index (Phi) is 8.20. The summed E-state index contributed by atoms with van der Waals surface area (Å²) in [5.41, 5.74) is 1.07. The highest BCUT2D eigenvalue weighted by molar-refractivity contribution is 7.92. The number of nitro groups is 1. The van der Waals surface area contributed by atoms with E-state index in [9.17, 15) is 23.3 Å². The van der Waals surface area contributed by atoms with E-state index in [1.807, 2.05) is 24.3 Å². The fourth-order valence-electron chi connectivity index (χ4n) is 3.27. The van der Waals surface area contributed by atoms with Crippen molar-refractivity contribution >= 4 is 27.3 Å². The third-order valence-corrected chi connectivity index (χ3v) is 6.88. The highest BCUT2D eigenvalue weighted by Crippen LogP contribution is 2.25. The second-order valence-electron chi connectivity index (χ2n) is 7.40. The first kappa shape index (κ1) is 24.7. The molecule has 3 rings (SSSR count). The van der Waals surface area contributed by atoms with Crippen molar-refractivity contribution in [2.24, 2.45) is 0 Å². The van der Waals surface area contributed by atoms with Crippen LogP contribution in [0.5, 0.6) is 5.75 Å². The van der Waals surface area contributed by atoms with E-state index in [2.05, 4.69) is 5.32 Å². The summed E-state index contributed by atoms with van der Waals surface area (Å²) in [5, 5.41) is 13.7. The fraction of sp³-hybridized carbons (Fsp3) is 0.208. The lowest BCUT2D eigenvalue weighted by Crippen LogP contribution is -2.41. The van der Waals surface area contributed by atoms with Gasteiger partial charge in [-0.15, -0.1) is 0 Å². The SMILES string of the molecule is COc1ccc(CCCNC(=O)CN(c2ccc([N+](=O)[O-])cc2)S(=O)(=O)c2ccccc2)cc1. The molecule has 9 nitrogen and oxygen atoms in total. The minimum Gasteiger partial charge on any atom is -0.497 e. The molecule has 0 radical (unpaired) electrons. The van der Waals surface area contributed by atoms with Gasteiger partial charge in [0.1, 0.15) is 12.3 Å². The number of rotatable bonds is 11. The fourth-order valence-corrected chi connectivity index (χ4v) is 4.72. The molecule has 3 aromatic carbocycles. The molecule has 0 spiro atoms. The van der Waals surface area contributed by atoms with Gasteiger partial charge >= 0.3 is 0 Å². The van der Waals surface area contributed by atoms with Crippen molar-refractivity contribution in [2.45, 2.75) is 17.7 Å². The van der Waals surface area contributed by atoms with Gasteiger partial charge in [-0.05, 0) is 54.8 Å². The monoisotopic (exact) mass is 483 g/mol. The molecule has 34 heavy (non-hydrogen) atoms. The van der Waals surface area contributed by atoms with Gasteiger partial charge < -0.3 is 10.1 Å². The van der Waals surface area contributed by atoms with Crippen LogP contribution in [-0.2, 0) is 21.2 Å². The molecular formula is C24H25N3O6S. The van der Waals surface area contributed by atoms with Gasteiger partial charge in [0, 0.05) is 18.7 Å². The molecule has 0 aliphatic rings. The van der Waals surface area contributed by atoms with Gasteiger partial charge in [0.2, 0.25) is 5.91 Å². The first-order valence-corrected chi connectivity index (χ1v) is 12.0. The van der Waals surface area contributed by atoms with Crippen LogP contribution in [0.3, 0.4) is 0 Å². The van der Waals surface area contributed by atoms with Crippen molar-refractivity contribution < 1.29 is 22.9 Å². The smallest absolute Gasteiger partial charge is 0.269 e. The number of non-ortho nitro benzene ring substituents is 1. The van der Waals surface area contributed by atoms with E-state index in [1.165, 1.54) is 36.4 Å². The Morgan fingerprint density at radius 1 is 1.00 bits per heavy atom. The van der Waals surface area contributed by atoms with Gasteiger partial charge in [0.15, 0.2) is 0 Å². The highest BCUT2D eigenvalue weighted by Gasteiger charge is 2.27. The van der Waals surface area contributed by atoms with Crippen molar-refractivity contribution in [3.8, 4) is 5.75 Å². The normalized spacial score (nSPS) is 11.0. The number of sulfonamides is 1. The maximum Gasteiger partial charge on any atom is 0.269 e. The lowest BCUT2D eigenvalue weighted by atomic mass is 10.1. The zero-order valence-corrected chi connectivity index (χ0v) is 19.4. The number of carbonyl (C=O) groups is 1. The molecular weight excluding hydrogens is 458 g/mol. The standard InChI is InChI=1S/C24H25N3O6S/c1-33-22-15-9-19(10-16-22)6-5-17-25-24(28)18-26(20-11-13-21(14-12-20)27(29)30)34(31,32)23-7-3-2-4-8-23/h2-4,7-16H,5-6,17-18H2,1H3,(H,25,28). The van der Waals surface area contributed by atoms with E-state index in [1.54, 1.807) is 25.3 Å². The number of amides is 1. The summed E-state index contributed by atoms with van der Waals surface area (Å²) >= 11 is 0. The highest BCUT2D eigenvalue weighted by atomic mass is 32.2. The molecule has 3 aromatic rings. The summed E-state index contributed by atoms with van der Waals surface area (Å²) in [4.78, 5) is 23.0. The number of nitro benzene ring substituents is 1. The zero-order valence-electron chi connectivity index (χ0n) is 18.6. The van der Waals surface area contributed by atoms with Crippen LogP contribution in [0.15, 0.2) is 83.8 Å². The molecule has 0 saturated carbocycles.